The average molecular weight is 461 g/mol. The Morgan fingerprint density at radius 1 is 0.875 bits per heavy atom. The summed E-state index contributed by atoms with van der Waals surface area (Å²) in [6.07, 6.45) is 3.45. The minimum atomic E-state index is 0.458. The molecule has 32 heavy (non-hydrogen) atoms. The topological polar surface area (TPSA) is 82.5 Å². The molecule has 158 valence electrons. The van der Waals surface area contributed by atoms with E-state index in [0.29, 0.717) is 33.5 Å². The molecule has 0 saturated carbocycles. The van der Waals surface area contributed by atoms with E-state index in [9.17, 15) is 0 Å². The summed E-state index contributed by atoms with van der Waals surface area (Å²) in [7, 11) is 0. The highest BCUT2D eigenvalue weighted by Crippen LogP contribution is 2.31. The van der Waals surface area contributed by atoms with E-state index in [-0.39, 0.29) is 0 Å². The van der Waals surface area contributed by atoms with Crippen LogP contribution in [0.25, 0.3) is 28.5 Å². The van der Waals surface area contributed by atoms with Gasteiger partial charge in [0.15, 0.2) is 5.82 Å². The number of aryl methyl sites for hydroxylation is 1. The molecule has 0 atom stereocenters. The van der Waals surface area contributed by atoms with Crippen LogP contribution < -0.4 is 0 Å². The van der Waals surface area contributed by atoms with E-state index in [2.05, 4.69) is 25.4 Å². The fourth-order valence-electron chi connectivity index (χ4n) is 3.19. The summed E-state index contributed by atoms with van der Waals surface area (Å²) < 4.78 is 7.79. The molecule has 0 radical (unpaired) electrons. The van der Waals surface area contributed by atoms with Gasteiger partial charge in [-0.2, -0.15) is 0 Å². The molecule has 0 spiro atoms. The zero-order valence-electron chi connectivity index (χ0n) is 17.0. The Kier molecular flexibility index (Phi) is 5.70. The molecular weight excluding hydrogens is 444 g/mol. The SMILES string of the molecule is Cc1ccc(-c2nnc(SCc3nnc(-c4ccncc4)n3-c3ccccc3Cl)o2)cc1. The van der Waals surface area contributed by atoms with E-state index in [1.54, 1.807) is 12.4 Å². The summed E-state index contributed by atoms with van der Waals surface area (Å²) in [6.45, 7) is 2.04. The number of thioether (sulfide) groups is 1. The van der Waals surface area contributed by atoms with E-state index in [1.165, 1.54) is 17.3 Å². The van der Waals surface area contributed by atoms with Crippen LogP contribution in [0.15, 0.2) is 82.7 Å². The summed E-state index contributed by atoms with van der Waals surface area (Å²) in [6, 6.07) is 19.3. The maximum absolute atomic E-state index is 6.51. The molecule has 5 rings (SSSR count). The highest BCUT2D eigenvalue weighted by atomic mass is 35.5. The summed E-state index contributed by atoms with van der Waals surface area (Å²) in [5.41, 5.74) is 3.75. The Bertz CT molecular complexity index is 1350. The third-order valence-electron chi connectivity index (χ3n) is 4.79. The lowest BCUT2D eigenvalue weighted by molar-refractivity contribution is 0.465. The number of rotatable bonds is 6. The first-order chi connectivity index (χ1) is 15.7. The maximum Gasteiger partial charge on any atom is 0.277 e. The Balaban J connectivity index is 1.45. The molecule has 0 bridgehead atoms. The van der Waals surface area contributed by atoms with E-state index in [0.717, 1.165) is 16.8 Å². The first-order valence-corrected chi connectivity index (χ1v) is 11.2. The molecule has 3 aromatic heterocycles. The average Bonchev–Trinajstić information content (AvgIpc) is 3.46. The van der Waals surface area contributed by atoms with Crippen LogP contribution in [0.2, 0.25) is 5.02 Å². The number of benzene rings is 2. The second kappa shape index (κ2) is 8.94. The normalized spacial score (nSPS) is 11.1. The van der Waals surface area contributed by atoms with Crippen molar-refractivity contribution in [2.24, 2.45) is 0 Å². The third kappa shape index (κ3) is 4.15. The van der Waals surface area contributed by atoms with Gasteiger partial charge in [-0.1, -0.05) is 53.2 Å². The smallest absolute Gasteiger partial charge is 0.277 e. The molecule has 5 aromatic rings. The number of aromatic nitrogens is 6. The first-order valence-electron chi connectivity index (χ1n) is 9.82. The van der Waals surface area contributed by atoms with Gasteiger partial charge in [0.05, 0.1) is 16.5 Å². The van der Waals surface area contributed by atoms with Crippen LogP contribution in [0.1, 0.15) is 11.4 Å². The Hall–Kier alpha value is -3.49. The summed E-state index contributed by atoms with van der Waals surface area (Å²) in [5.74, 6) is 2.35. The number of para-hydroxylation sites is 1. The Morgan fingerprint density at radius 3 is 2.44 bits per heavy atom. The van der Waals surface area contributed by atoms with E-state index >= 15 is 0 Å². The molecule has 0 aliphatic heterocycles. The van der Waals surface area contributed by atoms with Gasteiger partial charge in [0.2, 0.25) is 5.89 Å². The monoisotopic (exact) mass is 460 g/mol. The second-order valence-corrected chi connectivity index (χ2v) is 8.32. The first kappa shape index (κ1) is 20.4. The quantitative estimate of drug-likeness (QED) is 0.303. The summed E-state index contributed by atoms with van der Waals surface area (Å²) in [4.78, 5) is 4.09. The predicted octanol–water partition coefficient (Wildman–Crippen LogP) is 5.63. The number of halogens is 1. The molecule has 3 heterocycles. The van der Waals surface area contributed by atoms with Crippen molar-refractivity contribution in [3.05, 3.63) is 89.5 Å². The zero-order valence-corrected chi connectivity index (χ0v) is 18.6. The van der Waals surface area contributed by atoms with Crippen molar-refractivity contribution in [1.29, 1.82) is 0 Å². The van der Waals surface area contributed by atoms with Crippen LogP contribution in [-0.2, 0) is 5.75 Å². The van der Waals surface area contributed by atoms with Crippen LogP contribution in [0.4, 0.5) is 0 Å². The van der Waals surface area contributed by atoms with Gasteiger partial charge < -0.3 is 4.42 Å². The van der Waals surface area contributed by atoms with Gasteiger partial charge in [-0.25, -0.2) is 0 Å². The molecule has 0 amide bonds. The van der Waals surface area contributed by atoms with Gasteiger partial charge in [0.1, 0.15) is 5.82 Å². The molecule has 0 fully saturated rings. The molecule has 9 heteroatoms. The molecule has 0 aliphatic carbocycles. The van der Waals surface area contributed by atoms with Gasteiger partial charge in [0, 0.05) is 23.5 Å². The standard InChI is InChI=1S/C23H17ClN6OS/c1-15-6-8-17(9-7-15)22-28-29-23(31-22)32-14-20-26-27-21(16-10-12-25-13-11-16)30(20)19-5-3-2-4-18(19)24/h2-13H,14H2,1H3. The maximum atomic E-state index is 6.51. The molecule has 7 nitrogen and oxygen atoms in total. The fraction of sp³-hybridized carbons (Fsp3) is 0.0870. The second-order valence-electron chi connectivity index (χ2n) is 6.99. The van der Waals surface area contributed by atoms with Crippen molar-refractivity contribution in [1.82, 2.24) is 29.9 Å². The van der Waals surface area contributed by atoms with Crippen LogP contribution in [0, 0.1) is 6.92 Å². The molecule has 0 unspecified atom stereocenters. The zero-order chi connectivity index (χ0) is 21.9. The number of nitrogens with zero attached hydrogens (tertiary/aromatic N) is 6. The van der Waals surface area contributed by atoms with Gasteiger partial charge in [0.25, 0.3) is 5.22 Å². The highest BCUT2D eigenvalue weighted by Gasteiger charge is 2.19. The largest absolute Gasteiger partial charge is 0.411 e. The number of hydrogen-bond donors (Lipinski definition) is 0. The summed E-state index contributed by atoms with van der Waals surface area (Å²) in [5, 5.41) is 18.2. The number of pyridine rings is 1. The molecule has 0 N–H and O–H groups in total. The molecule has 0 saturated heterocycles. The lowest BCUT2D eigenvalue weighted by Crippen LogP contribution is -2.03. The summed E-state index contributed by atoms with van der Waals surface area (Å²) >= 11 is 7.91. The van der Waals surface area contributed by atoms with Crippen molar-refractivity contribution in [2.75, 3.05) is 0 Å². The highest BCUT2D eigenvalue weighted by molar-refractivity contribution is 7.98. The van der Waals surface area contributed by atoms with Gasteiger partial charge >= 0.3 is 0 Å². The molecule has 0 aliphatic rings. The van der Waals surface area contributed by atoms with Crippen LogP contribution >= 0.6 is 23.4 Å². The van der Waals surface area contributed by atoms with E-state index in [1.807, 2.05) is 72.2 Å². The van der Waals surface area contributed by atoms with Gasteiger partial charge in [-0.05, 0) is 43.3 Å². The van der Waals surface area contributed by atoms with Crippen molar-refractivity contribution in [2.45, 2.75) is 17.9 Å². The van der Waals surface area contributed by atoms with Crippen LogP contribution in [-0.4, -0.2) is 29.9 Å². The lowest BCUT2D eigenvalue weighted by atomic mass is 10.1. The van der Waals surface area contributed by atoms with Crippen molar-refractivity contribution in [3.63, 3.8) is 0 Å². The minimum Gasteiger partial charge on any atom is -0.411 e. The fourth-order valence-corrected chi connectivity index (χ4v) is 4.09. The van der Waals surface area contributed by atoms with Crippen LogP contribution in [0.5, 0.6) is 0 Å². The third-order valence-corrected chi connectivity index (χ3v) is 5.93. The van der Waals surface area contributed by atoms with Crippen LogP contribution in [0.3, 0.4) is 0 Å². The Morgan fingerprint density at radius 2 is 1.66 bits per heavy atom. The van der Waals surface area contributed by atoms with Gasteiger partial charge in [-0.15, -0.1) is 20.4 Å². The van der Waals surface area contributed by atoms with E-state index < -0.39 is 0 Å². The van der Waals surface area contributed by atoms with Crippen molar-refractivity contribution < 1.29 is 4.42 Å². The van der Waals surface area contributed by atoms with Gasteiger partial charge in [-0.3, -0.25) is 9.55 Å². The lowest BCUT2D eigenvalue weighted by Gasteiger charge is -2.11. The molecular formula is C23H17ClN6OS. The van der Waals surface area contributed by atoms with Crippen molar-refractivity contribution in [3.8, 4) is 28.5 Å². The number of hydrogen-bond acceptors (Lipinski definition) is 7. The Labute approximate surface area is 193 Å². The minimum absolute atomic E-state index is 0.458. The predicted molar refractivity (Wildman–Crippen MR) is 124 cm³/mol. The van der Waals surface area contributed by atoms with E-state index in [4.69, 9.17) is 16.0 Å². The molecule has 2 aromatic carbocycles. The van der Waals surface area contributed by atoms with Crippen molar-refractivity contribution >= 4 is 23.4 Å².